The van der Waals surface area contributed by atoms with Gasteiger partial charge in [0, 0.05) is 23.3 Å². The monoisotopic (exact) mass is 530 g/mol. The summed E-state index contributed by atoms with van der Waals surface area (Å²) in [5.41, 5.74) is 5.18. The van der Waals surface area contributed by atoms with Crippen LogP contribution in [-0.2, 0) is 4.79 Å². The molecule has 8 heteroatoms. The molecule has 2 unspecified atom stereocenters. The second kappa shape index (κ2) is 11.2. The summed E-state index contributed by atoms with van der Waals surface area (Å²) >= 11 is 0. The number of Topliss-reactive ketones (excluding diaryl/α,β-unsaturated/α-hetero) is 1. The highest BCUT2D eigenvalue weighted by molar-refractivity contribution is 6.01. The Balaban J connectivity index is 1.64. The van der Waals surface area contributed by atoms with Gasteiger partial charge in [-0.05, 0) is 55.2 Å². The third-order valence-electron chi connectivity index (χ3n) is 7.30. The van der Waals surface area contributed by atoms with Crippen molar-refractivity contribution in [1.82, 2.24) is 0 Å². The van der Waals surface area contributed by atoms with E-state index >= 15 is 0 Å². The predicted molar refractivity (Wildman–Crippen MR) is 151 cm³/mol. The summed E-state index contributed by atoms with van der Waals surface area (Å²) in [6.45, 7) is 2.41. The highest BCUT2D eigenvalue weighted by atomic mass is 16.5. The average Bonchev–Trinajstić information content (AvgIpc) is 3.13. The maximum Gasteiger partial charge on any atom is 0.203 e. The Kier molecular flexibility index (Phi) is 7.54. The number of allylic oxidation sites excluding steroid dienone is 1. The number of fused-ring (bicyclic) bond motifs is 1. The normalized spacial score (nSPS) is 18.1. The third kappa shape index (κ3) is 4.82. The van der Waals surface area contributed by atoms with Gasteiger partial charge in [0.25, 0.3) is 0 Å². The van der Waals surface area contributed by atoms with Crippen molar-refractivity contribution in [3.8, 4) is 28.7 Å². The molecule has 39 heavy (non-hydrogen) atoms. The Morgan fingerprint density at radius 2 is 1.49 bits per heavy atom. The van der Waals surface area contributed by atoms with Crippen LogP contribution in [0.4, 0.5) is 11.4 Å². The minimum absolute atomic E-state index is 0.0538. The Hall–Kier alpha value is -4.33. The van der Waals surface area contributed by atoms with E-state index in [9.17, 15) is 4.79 Å². The molecule has 0 saturated heterocycles. The standard InChI is InChI=1S/C31H34N2O6/c1-6-39-30-20(10-9-13-25(30)35-2)29-28-23(32-21-11-7-8-12-22(21)33-29)14-18(15-24(28)34)19-16-26(36-3)31(38-5)27(17-19)37-4/h7-13,16-18,29,32-33H,6,14-15H2,1-5H3. The first-order valence-electron chi connectivity index (χ1n) is 13.0. The lowest BCUT2D eigenvalue weighted by Crippen LogP contribution is -2.27. The average molecular weight is 531 g/mol. The number of rotatable bonds is 8. The first kappa shape index (κ1) is 26.3. The minimum Gasteiger partial charge on any atom is -0.493 e. The van der Waals surface area contributed by atoms with Crippen LogP contribution >= 0.6 is 0 Å². The van der Waals surface area contributed by atoms with Gasteiger partial charge in [-0.25, -0.2) is 0 Å². The van der Waals surface area contributed by atoms with Gasteiger partial charge in [-0.2, -0.15) is 0 Å². The molecule has 3 aromatic rings. The van der Waals surface area contributed by atoms with Crippen molar-refractivity contribution in [2.45, 2.75) is 31.7 Å². The van der Waals surface area contributed by atoms with Gasteiger partial charge in [0.2, 0.25) is 5.75 Å². The van der Waals surface area contributed by atoms with Crippen molar-refractivity contribution in [3.63, 3.8) is 0 Å². The number of nitrogens with one attached hydrogen (secondary N) is 2. The maximum atomic E-state index is 14.1. The zero-order valence-electron chi connectivity index (χ0n) is 22.9. The quantitative estimate of drug-likeness (QED) is 0.361. The maximum absolute atomic E-state index is 14.1. The zero-order chi connectivity index (χ0) is 27.5. The summed E-state index contributed by atoms with van der Waals surface area (Å²) in [4.78, 5) is 14.1. The summed E-state index contributed by atoms with van der Waals surface area (Å²) < 4.78 is 28.4. The van der Waals surface area contributed by atoms with Crippen molar-refractivity contribution in [3.05, 3.63) is 77.0 Å². The summed E-state index contributed by atoms with van der Waals surface area (Å²) in [5.74, 6) is 2.88. The highest BCUT2D eigenvalue weighted by Gasteiger charge is 2.38. The molecule has 2 N–H and O–H groups in total. The molecule has 0 spiro atoms. The molecular formula is C31H34N2O6. The van der Waals surface area contributed by atoms with Crippen molar-refractivity contribution >= 4 is 17.2 Å². The molecule has 1 aliphatic heterocycles. The van der Waals surface area contributed by atoms with Crippen LogP contribution in [0.1, 0.15) is 42.9 Å². The largest absolute Gasteiger partial charge is 0.493 e. The van der Waals surface area contributed by atoms with E-state index in [1.165, 1.54) is 0 Å². The van der Waals surface area contributed by atoms with Gasteiger partial charge in [0.1, 0.15) is 0 Å². The SMILES string of the molecule is CCOc1c(OC)cccc1C1Nc2ccccc2NC2=C1C(=O)CC(c1cc(OC)c(OC)c(OC)c1)C2. The molecule has 2 aliphatic rings. The number of hydrogen-bond donors (Lipinski definition) is 2. The van der Waals surface area contributed by atoms with E-state index in [4.69, 9.17) is 23.7 Å². The van der Waals surface area contributed by atoms with Gasteiger partial charge in [0.05, 0.1) is 52.5 Å². The lowest BCUT2D eigenvalue weighted by Gasteiger charge is -2.31. The number of para-hydroxylation sites is 3. The second-order valence-electron chi connectivity index (χ2n) is 9.44. The van der Waals surface area contributed by atoms with E-state index in [2.05, 4.69) is 10.6 Å². The topological polar surface area (TPSA) is 87.3 Å². The van der Waals surface area contributed by atoms with Gasteiger partial charge < -0.3 is 34.3 Å². The lowest BCUT2D eigenvalue weighted by molar-refractivity contribution is -0.116. The molecule has 0 amide bonds. The Morgan fingerprint density at radius 3 is 2.13 bits per heavy atom. The first-order valence-corrected chi connectivity index (χ1v) is 13.0. The van der Waals surface area contributed by atoms with Crippen LogP contribution in [0, 0.1) is 0 Å². The van der Waals surface area contributed by atoms with Crippen molar-refractivity contribution in [2.24, 2.45) is 0 Å². The fourth-order valence-electron chi connectivity index (χ4n) is 5.52. The zero-order valence-corrected chi connectivity index (χ0v) is 22.9. The van der Waals surface area contributed by atoms with Crippen molar-refractivity contribution < 1.29 is 28.5 Å². The highest BCUT2D eigenvalue weighted by Crippen LogP contribution is 2.49. The molecule has 0 radical (unpaired) electrons. The van der Waals surface area contributed by atoms with Gasteiger partial charge in [0.15, 0.2) is 28.8 Å². The van der Waals surface area contributed by atoms with Crippen LogP contribution in [0.2, 0.25) is 0 Å². The lowest BCUT2D eigenvalue weighted by atomic mass is 9.78. The van der Waals surface area contributed by atoms with Crippen LogP contribution < -0.4 is 34.3 Å². The molecule has 3 aromatic carbocycles. The van der Waals surface area contributed by atoms with Crippen LogP contribution in [-0.4, -0.2) is 40.8 Å². The Labute approximate surface area is 228 Å². The van der Waals surface area contributed by atoms with Gasteiger partial charge in [-0.1, -0.05) is 24.3 Å². The van der Waals surface area contributed by atoms with Crippen LogP contribution in [0.15, 0.2) is 65.9 Å². The second-order valence-corrected chi connectivity index (χ2v) is 9.44. The molecule has 204 valence electrons. The Morgan fingerprint density at radius 1 is 0.795 bits per heavy atom. The smallest absolute Gasteiger partial charge is 0.203 e. The van der Waals surface area contributed by atoms with E-state index in [-0.39, 0.29) is 11.7 Å². The number of ketones is 1. The fraction of sp³-hybridized carbons (Fsp3) is 0.323. The number of carbonyl (C=O) groups is 1. The van der Waals surface area contributed by atoms with Gasteiger partial charge in [-0.3, -0.25) is 4.79 Å². The number of carbonyl (C=O) groups excluding carboxylic acids is 1. The fourth-order valence-corrected chi connectivity index (χ4v) is 5.52. The van der Waals surface area contributed by atoms with Crippen LogP contribution in [0.3, 0.4) is 0 Å². The summed E-state index contributed by atoms with van der Waals surface area (Å²) in [6, 6.07) is 17.2. The van der Waals surface area contributed by atoms with E-state index in [0.717, 1.165) is 28.2 Å². The molecule has 5 rings (SSSR count). The molecule has 1 aliphatic carbocycles. The molecule has 0 bridgehead atoms. The van der Waals surface area contributed by atoms with E-state index < -0.39 is 6.04 Å². The molecule has 0 aromatic heterocycles. The first-order chi connectivity index (χ1) is 19.0. The molecule has 0 saturated carbocycles. The van der Waals surface area contributed by atoms with Crippen LogP contribution in [0.5, 0.6) is 28.7 Å². The summed E-state index contributed by atoms with van der Waals surface area (Å²) in [7, 11) is 6.39. The predicted octanol–water partition coefficient (Wildman–Crippen LogP) is 6.10. The van der Waals surface area contributed by atoms with E-state index in [1.54, 1.807) is 28.4 Å². The van der Waals surface area contributed by atoms with E-state index in [1.807, 2.05) is 61.5 Å². The van der Waals surface area contributed by atoms with Crippen molar-refractivity contribution in [1.29, 1.82) is 0 Å². The van der Waals surface area contributed by atoms with Crippen molar-refractivity contribution in [2.75, 3.05) is 45.7 Å². The number of methoxy groups -OCH3 is 4. The Bertz CT molecular complexity index is 1390. The molecule has 1 heterocycles. The summed E-state index contributed by atoms with van der Waals surface area (Å²) in [6.07, 6.45) is 0.960. The van der Waals surface area contributed by atoms with Gasteiger partial charge >= 0.3 is 0 Å². The third-order valence-corrected chi connectivity index (χ3v) is 7.30. The van der Waals surface area contributed by atoms with E-state index in [0.29, 0.717) is 53.8 Å². The molecule has 0 fully saturated rings. The van der Waals surface area contributed by atoms with Crippen LogP contribution in [0.25, 0.3) is 0 Å². The summed E-state index contributed by atoms with van der Waals surface area (Å²) in [5, 5.41) is 7.22. The number of hydrogen-bond acceptors (Lipinski definition) is 8. The molecule has 8 nitrogen and oxygen atoms in total. The van der Waals surface area contributed by atoms with Gasteiger partial charge in [-0.15, -0.1) is 0 Å². The molecule has 2 atom stereocenters. The number of ether oxygens (including phenoxy) is 5. The number of benzene rings is 3. The minimum atomic E-state index is -0.429. The molecular weight excluding hydrogens is 496 g/mol. The number of anilines is 2.